The monoisotopic (exact) mass is 414 g/mol. The van der Waals surface area contributed by atoms with E-state index in [9.17, 15) is 4.79 Å². The van der Waals surface area contributed by atoms with E-state index < -0.39 is 0 Å². The summed E-state index contributed by atoms with van der Waals surface area (Å²) < 4.78 is 0. The van der Waals surface area contributed by atoms with Crippen molar-refractivity contribution in [3.05, 3.63) is 101 Å². The molecule has 1 amide bonds. The molecular weight excluding hydrogens is 392 g/mol. The van der Waals surface area contributed by atoms with Crippen molar-refractivity contribution in [2.24, 2.45) is 0 Å². The van der Waals surface area contributed by atoms with Crippen LogP contribution in [0.3, 0.4) is 0 Å². The summed E-state index contributed by atoms with van der Waals surface area (Å²) in [6, 6.07) is 25.4. The van der Waals surface area contributed by atoms with E-state index >= 15 is 0 Å². The van der Waals surface area contributed by atoms with Crippen molar-refractivity contribution in [1.29, 1.82) is 0 Å². The zero-order valence-electron chi connectivity index (χ0n) is 17.0. The molecule has 3 nitrogen and oxygen atoms in total. The molecule has 0 radical (unpaired) electrons. The average molecular weight is 415 g/mol. The lowest BCUT2D eigenvalue weighted by Crippen LogP contribution is -2.27. The number of benzene rings is 3. The van der Waals surface area contributed by atoms with Crippen molar-refractivity contribution in [3.63, 3.8) is 0 Å². The third-order valence-corrected chi connectivity index (χ3v) is 5.57. The lowest BCUT2D eigenvalue weighted by molar-refractivity contribution is 0.0941. The van der Waals surface area contributed by atoms with Crippen LogP contribution in [0.15, 0.2) is 78.9 Å². The fourth-order valence-electron chi connectivity index (χ4n) is 3.55. The fraction of sp³-hybridized carbons (Fsp3) is 0.154. The highest BCUT2D eigenvalue weighted by molar-refractivity contribution is 6.30. The number of aromatic nitrogens is 1. The average Bonchev–Trinajstić information content (AvgIpc) is 2.79. The summed E-state index contributed by atoms with van der Waals surface area (Å²) in [6.07, 6.45) is 0.899. The molecule has 0 aliphatic heterocycles. The number of aryl methyl sites for hydroxylation is 1. The quantitative estimate of drug-likeness (QED) is 0.399. The molecule has 0 unspecified atom stereocenters. The molecule has 0 fully saturated rings. The Bertz CT molecular complexity index is 1190. The zero-order valence-corrected chi connectivity index (χ0v) is 17.8. The number of fused-ring (bicyclic) bond motifs is 1. The second kappa shape index (κ2) is 8.68. The molecule has 0 aliphatic carbocycles. The largest absolute Gasteiger partial charge is 0.345 e. The molecule has 30 heavy (non-hydrogen) atoms. The summed E-state index contributed by atoms with van der Waals surface area (Å²) in [5, 5.41) is 4.68. The van der Waals surface area contributed by atoms with Crippen LogP contribution < -0.4 is 5.32 Å². The van der Waals surface area contributed by atoms with Gasteiger partial charge in [-0.15, -0.1) is 0 Å². The van der Waals surface area contributed by atoms with Crippen LogP contribution in [0.1, 0.15) is 41.4 Å². The Kier molecular flexibility index (Phi) is 5.82. The number of nitrogens with zero attached hydrogens (tertiary/aromatic N) is 1. The molecule has 150 valence electrons. The number of halogens is 1. The van der Waals surface area contributed by atoms with Gasteiger partial charge in [-0.05, 0) is 54.8 Å². The van der Waals surface area contributed by atoms with Gasteiger partial charge in [0.1, 0.15) is 0 Å². The molecule has 1 atom stereocenters. The normalized spacial score (nSPS) is 12.0. The Morgan fingerprint density at radius 1 is 1.00 bits per heavy atom. The minimum atomic E-state index is -0.109. The first-order valence-electron chi connectivity index (χ1n) is 10.1. The summed E-state index contributed by atoms with van der Waals surface area (Å²) in [5.74, 6) is -0.109. The number of carbonyl (C=O) groups is 1. The minimum Gasteiger partial charge on any atom is -0.345 e. The zero-order chi connectivity index (χ0) is 21.1. The molecule has 1 aromatic heterocycles. The maximum atomic E-state index is 13.3. The number of hydrogen-bond donors (Lipinski definition) is 1. The molecule has 4 aromatic rings. The Labute approximate surface area is 181 Å². The van der Waals surface area contributed by atoms with E-state index in [0.717, 1.165) is 34.1 Å². The fourth-order valence-corrected chi connectivity index (χ4v) is 3.67. The standard InChI is InChI=1S/C26H23ClN2O/c1-3-18-9-14-24-22(15-18)23(16-25(29-24)20-10-12-21(27)13-11-20)26(30)28-17(2)19-7-5-4-6-8-19/h4-17H,3H2,1-2H3,(H,28,30)/t17-/m0/s1. The maximum absolute atomic E-state index is 13.3. The topological polar surface area (TPSA) is 42.0 Å². The van der Waals surface area contributed by atoms with Crippen molar-refractivity contribution < 1.29 is 4.79 Å². The molecule has 0 bridgehead atoms. The summed E-state index contributed by atoms with van der Waals surface area (Å²) in [4.78, 5) is 18.1. The smallest absolute Gasteiger partial charge is 0.252 e. The van der Waals surface area contributed by atoms with Crippen molar-refractivity contribution in [2.45, 2.75) is 26.3 Å². The van der Waals surface area contributed by atoms with Gasteiger partial charge in [-0.3, -0.25) is 4.79 Å². The number of carbonyl (C=O) groups excluding carboxylic acids is 1. The Balaban J connectivity index is 1.79. The molecule has 4 rings (SSSR count). The van der Waals surface area contributed by atoms with Crippen molar-refractivity contribution in [1.82, 2.24) is 10.3 Å². The highest BCUT2D eigenvalue weighted by Crippen LogP contribution is 2.27. The molecule has 0 spiro atoms. The van der Waals surface area contributed by atoms with Gasteiger partial charge < -0.3 is 5.32 Å². The molecule has 0 aliphatic rings. The number of rotatable bonds is 5. The highest BCUT2D eigenvalue weighted by Gasteiger charge is 2.17. The third-order valence-electron chi connectivity index (χ3n) is 5.31. The maximum Gasteiger partial charge on any atom is 0.252 e. The van der Waals surface area contributed by atoms with Crippen molar-refractivity contribution in [2.75, 3.05) is 0 Å². The van der Waals surface area contributed by atoms with Gasteiger partial charge in [-0.1, -0.05) is 67.1 Å². The molecule has 1 N–H and O–H groups in total. The lowest BCUT2D eigenvalue weighted by Gasteiger charge is -2.16. The van der Waals surface area contributed by atoms with Crippen LogP contribution in [0.2, 0.25) is 5.02 Å². The van der Waals surface area contributed by atoms with Gasteiger partial charge in [-0.25, -0.2) is 4.98 Å². The number of nitrogens with one attached hydrogen (secondary N) is 1. The Hall–Kier alpha value is -3.17. The van der Waals surface area contributed by atoms with E-state index in [-0.39, 0.29) is 11.9 Å². The van der Waals surface area contributed by atoms with Gasteiger partial charge in [0.15, 0.2) is 0 Å². The van der Waals surface area contributed by atoms with E-state index in [1.807, 2.05) is 73.7 Å². The van der Waals surface area contributed by atoms with Crippen LogP contribution in [-0.2, 0) is 6.42 Å². The van der Waals surface area contributed by atoms with Crippen LogP contribution in [0.4, 0.5) is 0 Å². The van der Waals surface area contributed by atoms with Gasteiger partial charge in [0.25, 0.3) is 5.91 Å². The number of amides is 1. The van der Waals surface area contributed by atoms with E-state index in [1.54, 1.807) is 0 Å². The molecule has 0 saturated carbocycles. The number of pyridine rings is 1. The first-order chi connectivity index (χ1) is 14.5. The first kappa shape index (κ1) is 20.1. The minimum absolute atomic E-state index is 0.102. The molecular formula is C26H23ClN2O. The van der Waals surface area contributed by atoms with Crippen LogP contribution in [0, 0.1) is 0 Å². The number of hydrogen-bond acceptors (Lipinski definition) is 2. The summed E-state index contributed by atoms with van der Waals surface area (Å²) >= 11 is 6.04. The second-order valence-electron chi connectivity index (χ2n) is 7.37. The van der Waals surface area contributed by atoms with Crippen LogP contribution >= 0.6 is 11.6 Å². The van der Waals surface area contributed by atoms with Crippen molar-refractivity contribution >= 4 is 28.4 Å². The molecule has 4 heteroatoms. The second-order valence-corrected chi connectivity index (χ2v) is 7.81. The van der Waals surface area contributed by atoms with Crippen molar-refractivity contribution in [3.8, 4) is 11.3 Å². The van der Waals surface area contributed by atoms with Gasteiger partial charge in [0.05, 0.1) is 22.8 Å². The highest BCUT2D eigenvalue weighted by atomic mass is 35.5. The van der Waals surface area contributed by atoms with E-state index in [0.29, 0.717) is 10.6 Å². The van der Waals surface area contributed by atoms with Gasteiger partial charge in [0, 0.05) is 16.0 Å². The van der Waals surface area contributed by atoms with Gasteiger partial charge in [-0.2, -0.15) is 0 Å². The van der Waals surface area contributed by atoms with E-state index in [4.69, 9.17) is 16.6 Å². The van der Waals surface area contributed by atoms with Gasteiger partial charge in [0.2, 0.25) is 0 Å². The SMILES string of the molecule is CCc1ccc2nc(-c3ccc(Cl)cc3)cc(C(=O)N[C@@H](C)c3ccccc3)c2c1. The first-order valence-corrected chi connectivity index (χ1v) is 10.5. The summed E-state index contributed by atoms with van der Waals surface area (Å²) in [6.45, 7) is 4.10. The molecule has 3 aromatic carbocycles. The summed E-state index contributed by atoms with van der Waals surface area (Å²) in [5.41, 5.74) is 5.34. The predicted molar refractivity (Wildman–Crippen MR) is 124 cm³/mol. The lowest BCUT2D eigenvalue weighted by atomic mass is 10.0. The Morgan fingerprint density at radius 2 is 1.73 bits per heavy atom. The van der Waals surface area contributed by atoms with E-state index in [1.165, 1.54) is 5.56 Å². The third kappa shape index (κ3) is 4.22. The van der Waals surface area contributed by atoms with E-state index in [2.05, 4.69) is 24.4 Å². The molecule has 0 saturated heterocycles. The van der Waals surface area contributed by atoms with Crippen LogP contribution in [0.25, 0.3) is 22.2 Å². The van der Waals surface area contributed by atoms with Gasteiger partial charge >= 0.3 is 0 Å². The predicted octanol–water partition coefficient (Wildman–Crippen LogP) is 6.61. The van der Waals surface area contributed by atoms with Crippen LogP contribution in [-0.4, -0.2) is 10.9 Å². The van der Waals surface area contributed by atoms with Crippen LogP contribution in [0.5, 0.6) is 0 Å². The molecule has 1 heterocycles. The summed E-state index contributed by atoms with van der Waals surface area (Å²) in [7, 11) is 0. The Morgan fingerprint density at radius 3 is 2.43 bits per heavy atom.